The average molecular weight is 332 g/mol. The molecule has 2 N–H and O–H groups in total. The highest BCUT2D eigenvalue weighted by Gasteiger charge is 2.31. The van der Waals surface area contributed by atoms with Gasteiger partial charge in [-0.25, -0.2) is 21.6 Å². The number of benzene rings is 1. The van der Waals surface area contributed by atoms with E-state index in [-0.39, 0.29) is 15.8 Å². The number of anilines is 1. The quantitative estimate of drug-likeness (QED) is 0.845. The van der Waals surface area contributed by atoms with Crippen LogP contribution in [-0.4, -0.2) is 36.2 Å². The van der Waals surface area contributed by atoms with Crippen molar-refractivity contribution < 1.29 is 16.8 Å². The molecule has 0 amide bonds. The molecule has 0 bridgehead atoms. The molecule has 118 valence electrons. The zero-order valence-electron chi connectivity index (χ0n) is 12.3. The molecule has 1 aliphatic carbocycles. The molecule has 6 nitrogen and oxygen atoms in total. The highest BCUT2D eigenvalue weighted by Crippen LogP contribution is 2.30. The Morgan fingerprint density at radius 1 is 1.14 bits per heavy atom. The van der Waals surface area contributed by atoms with Crippen molar-refractivity contribution in [2.24, 2.45) is 5.92 Å². The number of hydrogen-bond acceptors (Lipinski definition) is 5. The first-order chi connectivity index (χ1) is 9.63. The van der Waals surface area contributed by atoms with E-state index < -0.39 is 19.9 Å². The Kier molecular flexibility index (Phi) is 4.32. The lowest BCUT2D eigenvalue weighted by Crippen LogP contribution is -2.43. The molecule has 1 fully saturated rings. The topological polar surface area (TPSA) is 92.3 Å². The highest BCUT2D eigenvalue weighted by atomic mass is 32.2. The van der Waals surface area contributed by atoms with Crippen molar-refractivity contribution in [1.82, 2.24) is 4.72 Å². The van der Waals surface area contributed by atoms with Gasteiger partial charge in [0.1, 0.15) is 4.90 Å². The number of sulfone groups is 1. The van der Waals surface area contributed by atoms with Crippen LogP contribution in [0.25, 0.3) is 0 Å². The minimum absolute atomic E-state index is 0.0103. The van der Waals surface area contributed by atoms with Crippen molar-refractivity contribution in [3.8, 4) is 0 Å². The Balaban J connectivity index is 2.40. The molecule has 1 aromatic carbocycles. The number of nitrogens with one attached hydrogen (secondary N) is 2. The molecular weight excluding hydrogens is 312 g/mol. The summed E-state index contributed by atoms with van der Waals surface area (Å²) in [5, 5.41) is 2.78. The van der Waals surface area contributed by atoms with Gasteiger partial charge < -0.3 is 5.32 Å². The van der Waals surface area contributed by atoms with Crippen LogP contribution >= 0.6 is 0 Å². The van der Waals surface area contributed by atoms with Gasteiger partial charge in [-0.05, 0) is 37.0 Å². The fraction of sp³-hybridized carbons (Fsp3) is 0.538. The van der Waals surface area contributed by atoms with Crippen LogP contribution in [0, 0.1) is 5.92 Å². The molecule has 21 heavy (non-hydrogen) atoms. The van der Waals surface area contributed by atoms with E-state index in [0.717, 1.165) is 19.1 Å². The second kappa shape index (κ2) is 5.58. The first-order valence-corrected chi connectivity index (χ1v) is 10.0. The normalized spacial score (nSPS) is 22.6. The van der Waals surface area contributed by atoms with Crippen LogP contribution in [0.4, 0.5) is 5.69 Å². The lowest BCUT2D eigenvalue weighted by Gasteiger charge is -2.33. The van der Waals surface area contributed by atoms with Crippen LogP contribution < -0.4 is 10.0 Å². The molecule has 0 aliphatic heterocycles. The monoisotopic (exact) mass is 332 g/mol. The van der Waals surface area contributed by atoms with Crippen LogP contribution in [-0.2, 0) is 19.9 Å². The molecule has 0 unspecified atom stereocenters. The van der Waals surface area contributed by atoms with Gasteiger partial charge in [-0.2, -0.15) is 0 Å². The largest absolute Gasteiger partial charge is 0.387 e. The van der Waals surface area contributed by atoms with Gasteiger partial charge in [0.25, 0.3) is 0 Å². The standard InChI is InChI=1S/C13H20N2O4S2/c1-9-6-10(7-9)15-21(18,19)13-8-11(20(3,16)17)4-5-12(13)14-2/h4-5,8-10,14-15H,6-7H2,1-3H3. The number of rotatable bonds is 5. The fourth-order valence-corrected chi connectivity index (χ4v) is 4.67. The highest BCUT2D eigenvalue weighted by molar-refractivity contribution is 7.91. The van der Waals surface area contributed by atoms with E-state index in [1.165, 1.54) is 18.2 Å². The third-order valence-corrected chi connectivity index (χ3v) is 6.31. The number of sulfonamides is 1. The van der Waals surface area contributed by atoms with E-state index in [9.17, 15) is 16.8 Å². The van der Waals surface area contributed by atoms with Gasteiger partial charge >= 0.3 is 0 Å². The van der Waals surface area contributed by atoms with Gasteiger partial charge in [0.15, 0.2) is 9.84 Å². The van der Waals surface area contributed by atoms with E-state index in [2.05, 4.69) is 17.0 Å². The third-order valence-electron chi connectivity index (χ3n) is 3.64. The fourth-order valence-electron chi connectivity index (χ4n) is 2.44. The summed E-state index contributed by atoms with van der Waals surface area (Å²) in [4.78, 5) is -0.0451. The van der Waals surface area contributed by atoms with Gasteiger partial charge in [-0.15, -0.1) is 0 Å². The molecule has 0 heterocycles. The molecule has 0 aromatic heterocycles. The van der Waals surface area contributed by atoms with Crippen molar-refractivity contribution >= 4 is 25.5 Å². The zero-order chi connectivity index (χ0) is 15.8. The predicted molar refractivity (Wildman–Crippen MR) is 81.6 cm³/mol. The Morgan fingerprint density at radius 3 is 2.24 bits per heavy atom. The van der Waals surface area contributed by atoms with Crippen LogP contribution in [0.2, 0.25) is 0 Å². The van der Waals surface area contributed by atoms with E-state index in [0.29, 0.717) is 11.6 Å². The summed E-state index contributed by atoms with van der Waals surface area (Å²) in [7, 11) is -5.61. The lowest BCUT2D eigenvalue weighted by molar-refractivity contribution is 0.270. The smallest absolute Gasteiger partial charge is 0.242 e. The summed E-state index contributed by atoms with van der Waals surface area (Å²) >= 11 is 0. The summed E-state index contributed by atoms with van der Waals surface area (Å²) in [5.41, 5.74) is 0.377. The maximum atomic E-state index is 12.5. The summed E-state index contributed by atoms with van der Waals surface area (Å²) < 4.78 is 50.8. The minimum atomic E-state index is -3.75. The van der Waals surface area contributed by atoms with Crippen molar-refractivity contribution in [3.05, 3.63) is 18.2 Å². The molecular formula is C13H20N2O4S2. The van der Waals surface area contributed by atoms with Crippen molar-refractivity contribution in [1.29, 1.82) is 0 Å². The van der Waals surface area contributed by atoms with Gasteiger partial charge in [0, 0.05) is 19.3 Å². The van der Waals surface area contributed by atoms with Gasteiger partial charge in [0.05, 0.1) is 10.6 Å². The van der Waals surface area contributed by atoms with Crippen LogP contribution in [0.15, 0.2) is 28.0 Å². The Labute approximate surface area is 125 Å². The zero-order valence-corrected chi connectivity index (χ0v) is 13.9. The molecule has 8 heteroatoms. The molecule has 0 spiro atoms. The van der Waals surface area contributed by atoms with E-state index >= 15 is 0 Å². The second-order valence-corrected chi connectivity index (χ2v) is 9.27. The molecule has 0 saturated heterocycles. The number of hydrogen-bond donors (Lipinski definition) is 2. The molecule has 1 aliphatic rings. The molecule has 0 radical (unpaired) electrons. The summed E-state index contributed by atoms with van der Waals surface area (Å²) in [5.74, 6) is 0.517. The lowest BCUT2D eigenvalue weighted by atomic mass is 9.83. The summed E-state index contributed by atoms with van der Waals surface area (Å²) in [6.45, 7) is 2.06. The first-order valence-electron chi connectivity index (χ1n) is 6.67. The van der Waals surface area contributed by atoms with Crippen molar-refractivity contribution in [3.63, 3.8) is 0 Å². The summed E-state index contributed by atoms with van der Waals surface area (Å²) in [6, 6.07) is 3.99. The van der Waals surface area contributed by atoms with Crippen molar-refractivity contribution in [2.75, 3.05) is 18.6 Å². The molecule has 1 aromatic rings. The van der Waals surface area contributed by atoms with Gasteiger partial charge in [-0.1, -0.05) is 6.92 Å². The third kappa shape index (κ3) is 3.56. The van der Waals surface area contributed by atoms with Crippen LogP contribution in [0.1, 0.15) is 19.8 Å². The molecule has 0 atom stereocenters. The minimum Gasteiger partial charge on any atom is -0.387 e. The van der Waals surface area contributed by atoms with E-state index in [1.54, 1.807) is 7.05 Å². The SMILES string of the molecule is CNc1ccc(S(C)(=O)=O)cc1S(=O)(=O)NC1CC(C)C1. The first kappa shape index (κ1) is 16.3. The second-order valence-electron chi connectivity index (χ2n) is 5.57. The summed E-state index contributed by atoms with van der Waals surface area (Å²) in [6.07, 6.45) is 2.67. The molecule has 1 saturated carbocycles. The Morgan fingerprint density at radius 2 is 1.76 bits per heavy atom. The van der Waals surface area contributed by atoms with Crippen LogP contribution in [0.3, 0.4) is 0 Å². The van der Waals surface area contributed by atoms with E-state index in [4.69, 9.17) is 0 Å². The van der Waals surface area contributed by atoms with Crippen LogP contribution in [0.5, 0.6) is 0 Å². The maximum Gasteiger partial charge on any atom is 0.242 e. The van der Waals surface area contributed by atoms with Crippen molar-refractivity contribution in [2.45, 2.75) is 35.6 Å². The molecule has 2 rings (SSSR count). The average Bonchev–Trinajstić information content (AvgIpc) is 2.34. The van der Waals surface area contributed by atoms with Gasteiger partial charge in [0.2, 0.25) is 10.0 Å². The Bertz CT molecular complexity index is 735. The van der Waals surface area contributed by atoms with Gasteiger partial charge in [-0.3, -0.25) is 0 Å². The predicted octanol–water partition coefficient (Wildman–Crippen LogP) is 1.21. The van der Waals surface area contributed by atoms with E-state index in [1.807, 2.05) is 0 Å². The maximum absolute atomic E-state index is 12.5. The Hall–Kier alpha value is -1.12.